The lowest BCUT2D eigenvalue weighted by Crippen LogP contribution is -2.16. The molecule has 0 fully saturated rings. The molecule has 0 unspecified atom stereocenters. The van der Waals surface area contributed by atoms with E-state index in [4.69, 9.17) is 0 Å². The van der Waals surface area contributed by atoms with Gasteiger partial charge in [-0.3, -0.25) is 0 Å². The minimum Gasteiger partial charge on any atom is -0.310 e. The Morgan fingerprint density at radius 1 is 1.05 bits per heavy atom. The van der Waals surface area contributed by atoms with E-state index in [0.29, 0.717) is 0 Å². The Kier molecular flexibility index (Phi) is 4.09. The minimum absolute atomic E-state index is 0.852. The van der Waals surface area contributed by atoms with Crippen LogP contribution >= 0.6 is 11.3 Å². The first-order valence-electron chi connectivity index (χ1n) is 6.92. The summed E-state index contributed by atoms with van der Waals surface area (Å²) in [7, 11) is 0. The molecule has 2 aromatic carbocycles. The van der Waals surface area contributed by atoms with Crippen LogP contribution in [0.1, 0.15) is 16.1 Å². The van der Waals surface area contributed by atoms with Crippen molar-refractivity contribution in [3.63, 3.8) is 0 Å². The van der Waals surface area contributed by atoms with Crippen LogP contribution in [0.5, 0.6) is 0 Å². The van der Waals surface area contributed by atoms with Gasteiger partial charge >= 0.3 is 0 Å². The van der Waals surface area contributed by atoms with Gasteiger partial charge in [-0.2, -0.15) is 0 Å². The molecule has 2 nitrogen and oxygen atoms in total. The van der Waals surface area contributed by atoms with Crippen molar-refractivity contribution in [3.05, 3.63) is 64.7 Å². The fourth-order valence-corrected chi connectivity index (χ4v) is 3.24. The second-order valence-electron chi connectivity index (χ2n) is 4.93. The zero-order chi connectivity index (χ0) is 13.8. The summed E-state index contributed by atoms with van der Waals surface area (Å²) in [5.41, 5.74) is 3.90. The predicted octanol–water partition coefficient (Wildman–Crippen LogP) is 3.94. The summed E-state index contributed by atoms with van der Waals surface area (Å²) in [6.45, 7) is 4.01. The molecule has 3 rings (SSSR count). The van der Waals surface area contributed by atoms with Gasteiger partial charge in [-0.25, -0.2) is 4.98 Å². The topological polar surface area (TPSA) is 24.9 Å². The largest absolute Gasteiger partial charge is 0.310 e. The number of fused-ring (bicyclic) bond motifs is 1. The summed E-state index contributed by atoms with van der Waals surface area (Å²) >= 11 is 1.77. The van der Waals surface area contributed by atoms with Crippen molar-refractivity contribution in [2.24, 2.45) is 0 Å². The van der Waals surface area contributed by atoms with E-state index in [1.165, 1.54) is 15.8 Å². The molecule has 1 N–H and O–H groups in total. The van der Waals surface area contributed by atoms with Crippen LogP contribution in [0.25, 0.3) is 10.2 Å². The molecule has 0 saturated carbocycles. The van der Waals surface area contributed by atoms with Gasteiger partial charge in [0.05, 0.1) is 10.2 Å². The number of thiazole rings is 1. The van der Waals surface area contributed by atoms with Crippen LogP contribution in [0.15, 0.2) is 48.5 Å². The Bertz CT molecular complexity index is 670. The molecular formula is C17H18N2S. The fraction of sp³-hybridized carbons (Fsp3) is 0.235. The molecule has 0 radical (unpaired) electrons. The van der Waals surface area contributed by atoms with Crippen LogP contribution in [0.4, 0.5) is 0 Å². The summed E-state index contributed by atoms with van der Waals surface area (Å²) in [6, 6.07) is 16.9. The quantitative estimate of drug-likeness (QED) is 0.717. The first kappa shape index (κ1) is 13.3. The van der Waals surface area contributed by atoms with Crippen molar-refractivity contribution in [2.75, 3.05) is 6.54 Å². The maximum atomic E-state index is 4.63. The van der Waals surface area contributed by atoms with Crippen LogP contribution in [0.3, 0.4) is 0 Å². The second kappa shape index (κ2) is 6.16. The lowest BCUT2D eigenvalue weighted by atomic mass is 10.1. The van der Waals surface area contributed by atoms with Crippen LogP contribution in [-0.4, -0.2) is 11.5 Å². The van der Waals surface area contributed by atoms with Crippen LogP contribution in [0, 0.1) is 6.92 Å². The van der Waals surface area contributed by atoms with Crippen molar-refractivity contribution < 1.29 is 0 Å². The maximum Gasteiger partial charge on any atom is 0.108 e. The molecule has 0 aliphatic heterocycles. The van der Waals surface area contributed by atoms with Crippen LogP contribution < -0.4 is 5.32 Å². The molecule has 0 aliphatic rings. The third-order valence-electron chi connectivity index (χ3n) is 3.45. The van der Waals surface area contributed by atoms with E-state index < -0.39 is 0 Å². The molecule has 102 valence electrons. The van der Waals surface area contributed by atoms with E-state index in [1.54, 1.807) is 11.3 Å². The molecule has 0 spiro atoms. The van der Waals surface area contributed by atoms with E-state index in [0.717, 1.165) is 30.0 Å². The van der Waals surface area contributed by atoms with E-state index >= 15 is 0 Å². The maximum absolute atomic E-state index is 4.63. The lowest BCUT2D eigenvalue weighted by molar-refractivity contribution is 0.683. The molecular weight excluding hydrogens is 264 g/mol. The van der Waals surface area contributed by atoms with Crippen molar-refractivity contribution in [1.82, 2.24) is 10.3 Å². The first-order chi connectivity index (χ1) is 9.83. The minimum atomic E-state index is 0.852. The summed E-state index contributed by atoms with van der Waals surface area (Å²) in [6.07, 6.45) is 1.07. The average Bonchev–Trinajstić information content (AvgIpc) is 2.88. The molecule has 1 aromatic heterocycles. The Morgan fingerprint density at radius 2 is 1.85 bits per heavy atom. The number of benzene rings is 2. The van der Waals surface area contributed by atoms with Gasteiger partial charge < -0.3 is 5.32 Å². The molecule has 20 heavy (non-hydrogen) atoms. The molecule has 3 heteroatoms. The highest BCUT2D eigenvalue weighted by Gasteiger charge is 2.02. The van der Waals surface area contributed by atoms with Gasteiger partial charge in [0.1, 0.15) is 5.01 Å². The summed E-state index contributed by atoms with van der Waals surface area (Å²) in [5.74, 6) is 0. The van der Waals surface area contributed by atoms with Gasteiger partial charge in [-0.15, -0.1) is 11.3 Å². The standard InChI is InChI=1S/C17H18N2S/c1-13-6-2-3-7-14(13)10-11-18-12-17-19-15-8-4-5-9-16(15)20-17/h2-9,18H,10-12H2,1H3. The summed E-state index contributed by atoms with van der Waals surface area (Å²) < 4.78 is 1.27. The Morgan fingerprint density at radius 3 is 2.70 bits per heavy atom. The Hall–Kier alpha value is -1.71. The number of para-hydroxylation sites is 1. The SMILES string of the molecule is Cc1ccccc1CCNCc1nc2ccccc2s1. The number of aryl methyl sites for hydroxylation is 1. The molecule has 0 atom stereocenters. The number of hydrogen-bond acceptors (Lipinski definition) is 3. The molecule has 0 aliphatic carbocycles. The highest BCUT2D eigenvalue weighted by atomic mass is 32.1. The van der Waals surface area contributed by atoms with Gasteiger partial charge in [-0.1, -0.05) is 36.4 Å². The molecule has 3 aromatic rings. The van der Waals surface area contributed by atoms with Crippen molar-refractivity contribution in [2.45, 2.75) is 19.9 Å². The lowest BCUT2D eigenvalue weighted by Gasteiger charge is -2.05. The highest BCUT2D eigenvalue weighted by Crippen LogP contribution is 2.21. The van der Waals surface area contributed by atoms with E-state index in [2.05, 4.69) is 59.7 Å². The van der Waals surface area contributed by atoms with Crippen LogP contribution in [-0.2, 0) is 13.0 Å². The van der Waals surface area contributed by atoms with Crippen LogP contribution in [0.2, 0.25) is 0 Å². The molecule has 0 amide bonds. The number of nitrogens with zero attached hydrogens (tertiary/aromatic N) is 1. The second-order valence-corrected chi connectivity index (χ2v) is 6.04. The molecule has 1 heterocycles. The fourth-order valence-electron chi connectivity index (χ4n) is 2.30. The number of nitrogens with one attached hydrogen (secondary N) is 1. The van der Waals surface area contributed by atoms with Crippen molar-refractivity contribution in [1.29, 1.82) is 0 Å². The zero-order valence-corrected chi connectivity index (χ0v) is 12.4. The Labute approximate surface area is 123 Å². The van der Waals surface area contributed by atoms with Gasteiger partial charge in [-0.05, 0) is 43.1 Å². The van der Waals surface area contributed by atoms with Gasteiger partial charge in [0.2, 0.25) is 0 Å². The molecule has 0 bridgehead atoms. The van der Waals surface area contributed by atoms with Crippen molar-refractivity contribution in [3.8, 4) is 0 Å². The number of aromatic nitrogens is 1. The predicted molar refractivity (Wildman–Crippen MR) is 86.2 cm³/mol. The number of hydrogen-bond donors (Lipinski definition) is 1. The number of rotatable bonds is 5. The van der Waals surface area contributed by atoms with E-state index in [1.807, 2.05) is 6.07 Å². The van der Waals surface area contributed by atoms with Gasteiger partial charge in [0.15, 0.2) is 0 Å². The van der Waals surface area contributed by atoms with Gasteiger partial charge in [0, 0.05) is 6.54 Å². The average molecular weight is 282 g/mol. The third kappa shape index (κ3) is 3.06. The van der Waals surface area contributed by atoms with E-state index in [9.17, 15) is 0 Å². The normalized spacial score (nSPS) is 11.1. The summed E-state index contributed by atoms with van der Waals surface area (Å²) in [4.78, 5) is 4.63. The van der Waals surface area contributed by atoms with Gasteiger partial charge in [0.25, 0.3) is 0 Å². The first-order valence-corrected chi connectivity index (χ1v) is 7.74. The van der Waals surface area contributed by atoms with E-state index in [-0.39, 0.29) is 0 Å². The zero-order valence-electron chi connectivity index (χ0n) is 11.6. The smallest absolute Gasteiger partial charge is 0.108 e. The molecule has 0 saturated heterocycles. The highest BCUT2D eigenvalue weighted by molar-refractivity contribution is 7.18. The third-order valence-corrected chi connectivity index (χ3v) is 4.48. The summed E-state index contributed by atoms with van der Waals surface area (Å²) in [5, 5.41) is 4.65. The van der Waals surface area contributed by atoms with Crippen molar-refractivity contribution >= 4 is 21.6 Å². The Balaban J connectivity index is 1.54. The monoisotopic (exact) mass is 282 g/mol.